The number of amides is 2. The third kappa shape index (κ3) is 4.78. The highest BCUT2D eigenvalue weighted by Crippen LogP contribution is 2.45. The first-order chi connectivity index (χ1) is 17.8. The van der Waals surface area contributed by atoms with Gasteiger partial charge in [-0.25, -0.2) is 0 Å². The summed E-state index contributed by atoms with van der Waals surface area (Å²) in [4.78, 5) is 39.7. The van der Waals surface area contributed by atoms with Gasteiger partial charge in [-0.3, -0.25) is 19.3 Å². The molecule has 2 N–H and O–H groups in total. The number of methoxy groups -OCH3 is 2. The number of hydrogen-bond acceptors (Lipinski definition) is 6. The number of nitrogens with one attached hydrogen (secondary N) is 1. The van der Waals surface area contributed by atoms with E-state index in [1.807, 2.05) is 31.2 Å². The van der Waals surface area contributed by atoms with E-state index in [0.29, 0.717) is 28.4 Å². The molecule has 2 amide bonds. The Morgan fingerprint density at radius 3 is 2.05 bits per heavy atom. The summed E-state index contributed by atoms with van der Waals surface area (Å²) in [5.41, 5.74) is 2.83. The third-order valence-electron chi connectivity index (χ3n) is 6.28. The molecule has 0 aromatic heterocycles. The average molecular weight is 501 g/mol. The van der Waals surface area contributed by atoms with E-state index in [1.165, 1.54) is 26.0 Å². The zero-order valence-electron chi connectivity index (χ0n) is 21.1. The van der Waals surface area contributed by atoms with E-state index in [9.17, 15) is 19.5 Å². The minimum Gasteiger partial charge on any atom is -0.506 e. The van der Waals surface area contributed by atoms with Crippen LogP contribution in [0.5, 0.6) is 11.5 Å². The number of ether oxygens (including phenoxy) is 2. The lowest BCUT2D eigenvalue weighted by molar-refractivity contribution is -0.132. The van der Waals surface area contributed by atoms with Crippen LogP contribution < -0.4 is 19.7 Å². The number of nitrogens with zero attached hydrogens (tertiary/aromatic N) is 1. The highest BCUT2D eigenvalue weighted by atomic mass is 16.5. The fourth-order valence-corrected chi connectivity index (χ4v) is 4.48. The molecule has 3 aromatic rings. The second-order valence-electron chi connectivity index (χ2n) is 8.53. The van der Waals surface area contributed by atoms with Crippen LogP contribution in [-0.2, 0) is 20.8 Å². The summed E-state index contributed by atoms with van der Waals surface area (Å²) in [6.45, 7) is 3.43. The number of aryl methyl sites for hydroxylation is 1. The molecule has 4 rings (SSSR count). The van der Waals surface area contributed by atoms with Crippen LogP contribution in [0.4, 0.5) is 11.4 Å². The van der Waals surface area contributed by atoms with Gasteiger partial charge in [-0.05, 0) is 53.9 Å². The van der Waals surface area contributed by atoms with E-state index < -0.39 is 23.5 Å². The summed E-state index contributed by atoms with van der Waals surface area (Å²) in [7, 11) is 2.89. The predicted octanol–water partition coefficient (Wildman–Crippen LogP) is 4.85. The van der Waals surface area contributed by atoms with Crippen molar-refractivity contribution in [3.05, 3.63) is 89.0 Å². The van der Waals surface area contributed by atoms with E-state index in [1.54, 1.807) is 42.5 Å². The second kappa shape index (κ2) is 10.6. The zero-order valence-corrected chi connectivity index (χ0v) is 21.1. The predicted molar refractivity (Wildman–Crippen MR) is 141 cm³/mol. The van der Waals surface area contributed by atoms with Gasteiger partial charge in [0.2, 0.25) is 5.91 Å². The molecule has 0 aliphatic carbocycles. The van der Waals surface area contributed by atoms with E-state index in [2.05, 4.69) is 5.32 Å². The van der Waals surface area contributed by atoms with Crippen molar-refractivity contribution in [2.24, 2.45) is 0 Å². The van der Waals surface area contributed by atoms with Crippen LogP contribution >= 0.6 is 0 Å². The van der Waals surface area contributed by atoms with Gasteiger partial charge in [0, 0.05) is 18.3 Å². The lowest BCUT2D eigenvalue weighted by Gasteiger charge is -2.26. The molecule has 1 unspecified atom stereocenters. The summed E-state index contributed by atoms with van der Waals surface area (Å²) >= 11 is 0. The van der Waals surface area contributed by atoms with Crippen molar-refractivity contribution < 1.29 is 29.0 Å². The lowest BCUT2D eigenvalue weighted by Crippen LogP contribution is -2.29. The van der Waals surface area contributed by atoms with Gasteiger partial charge in [0.25, 0.3) is 11.7 Å². The quantitative estimate of drug-likeness (QED) is 0.273. The van der Waals surface area contributed by atoms with Gasteiger partial charge in [0.05, 0.1) is 25.8 Å². The number of benzene rings is 3. The van der Waals surface area contributed by atoms with Crippen molar-refractivity contribution in [2.45, 2.75) is 26.3 Å². The Balaban J connectivity index is 1.94. The molecule has 1 atom stereocenters. The summed E-state index contributed by atoms with van der Waals surface area (Å²) in [6.07, 6.45) is 0.823. The first-order valence-electron chi connectivity index (χ1n) is 11.8. The third-order valence-corrected chi connectivity index (χ3v) is 6.28. The maximum Gasteiger partial charge on any atom is 0.300 e. The number of hydrogen-bond donors (Lipinski definition) is 2. The molecule has 37 heavy (non-hydrogen) atoms. The van der Waals surface area contributed by atoms with Gasteiger partial charge in [-0.15, -0.1) is 0 Å². The zero-order chi connectivity index (χ0) is 26.7. The van der Waals surface area contributed by atoms with E-state index in [4.69, 9.17) is 9.47 Å². The molecule has 1 saturated heterocycles. The van der Waals surface area contributed by atoms with Gasteiger partial charge < -0.3 is 19.9 Å². The molecule has 8 nitrogen and oxygen atoms in total. The van der Waals surface area contributed by atoms with Crippen LogP contribution in [-0.4, -0.2) is 36.9 Å². The van der Waals surface area contributed by atoms with Crippen LogP contribution in [0.3, 0.4) is 0 Å². The van der Waals surface area contributed by atoms with E-state index >= 15 is 0 Å². The van der Waals surface area contributed by atoms with Crippen molar-refractivity contribution in [3.63, 3.8) is 0 Å². The molecule has 0 radical (unpaired) electrons. The second-order valence-corrected chi connectivity index (χ2v) is 8.53. The van der Waals surface area contributed by atoms with Gasteiger partial charge in [-0.2, -0.15) is 0 Å². The van der Waals surface area contributed by atoms with Crippen LogP contribution in [0, 0.1) is 0 Å². The molecule has 8 heteroatoms. The van der Waals surface area contributed by atoms with Gasteiger partial charge in [-0.1, -0.05) is 37.3 Å². The molecule has 0 saturated carbocycles. The molecule has 1 aliphatic heterocycles. The molecule has 1 fully saturated rings. The molecular formula is C29H28N2O6. The van der Waals surface area contributed by atoms with Gasteiger partial charge >= 0.3 is 0 Å². The summed E-state index contributed by atoms with van der Waals surface area (Å²) in [5, 5.41) is 14.2. The minimum absolute atomic E-state index is 0.0806. The number of carbonyl (C=O) groups is 3. The SMILES string of the molecule is CCc1ccc(C2/C(=C(\O)c3c(OC)cccc3OC)C(=O)C(=O)N2c2ccc(NC(C)=O)cc2)cc1. The number of aliphatic hydroxyl groups is 1. The van der Waals surface area contributed by atoms with Crippen molar-refractivity contribution in [1.82, 2.24) is 0 Å². The number of aliphatic hydroxyl groups excluding tert-OH is 1. The van der Waals surface area contributed by atoms with Crippen LogP contribution in [0.1, 0.15) is 36.6 Å². The number of rotatable bonds is 7. The Morgan fingerprint density at radius 2 is 1.54 bits per heavy atom. The summed E-state index contributed by atoms with van der Waals surface area (Å²) < 4.78 is 10.9. The minimum atomic E-state index is -0.910. The van der Waals surface area contributed by atoms with Crippen LogP contribution in [0.25, 0.3) is 5.76 Å². The van der Waals surface area contributed by atoms with Crippen molar-refractivity contribution in [2.75, 3.05) is 24.4 Å². The average Bonchev–Trinajstić information content (AvgIpc) is 3.18. The van der Waals surface area contributed by atoms with E-state index in [-0.39, 0.29) is 17.0 Å². The number of carbonyl (C=O) groups excluding carboxylic acids is 3. The molecule has 3 aromatic carbocycles. The van der Waals surface area contributed by atoms with Crippen molar-refractivity contribution in [3.8, 4) is 11.5 Å². The number of Topliss-reactive ketones (excluding diaryl/α,β-unsaturated/α-hetero) is 1. The monoisotopic (exact) mass is 500 g/mol. The van der Waals surface area contributed by atoms with Gasteiger partial charge in [0.15, 0.2) is 0 Å². The number of anilines is 2. The van der Waals surface area contributed by atoms with E-state index in [0.717, 1.165) is 12.0 Å². The molecule has 0 bridgehead atoms. The standard InChI is InChI=1S/C29H28N2O6/c1-5-18-9-11-19(12-10-18)26-25(27(33)24-22(36-3)7-6-8-23(24)37-4)28(34)29(35)31(26)21-15-13-20(14-16-21)30-17(2)32/h6-16,26,33H,5H2,1-4H3,(H,30,32)/b27-25+. The van der Waals surface area contributed by atoms with Crippen LogP contribution in [0.15, 0.2) is 72.3 Å². The Kier molecular flexibility index (Phi) is 7.29. The Morgan fingerprint density at radius 1 is 0.946 bits per heavy atom. The topological polar surface area (TPSA) is 105 Å². The normalized spacial score (nSPS) is 16.5. The maximum atomic E-state index is 13.5. The first kappa shape index (κ1) is 25.5. The Bertz CT molecular complexity index is 1350. The molecular weight excluding hydrogens is 472 g/mol. The van der Waals surface area contributed by atoms with Crippen molar-refractivity contribution >= 4 is 34.7 Å². The Hall–Kier alpha value is -4.59. The first-order valence-corrected chi connectivity index (χ1v) is 11.8. The molecule has 0 spiro atoms. The summed E-state index contributed by atoms with van der Waals surface area (Å²) in [6, 6.07) is 18.2. The fraction of sp³-hybridized carbons (Fsp3) is 0.207. The lowest BCUT2D eigenvalue weighted by atomic mass is 9.93. The fourth-order valence-electron chi connectivity index (χ4n) is 4.48. The number of ketones is 1. The molecule has 190 valence electrons. The maximum absolute atomic E-state index is 13.5. The smallest absolute Gasteiger partial charge is 0.300 e. The van der Waals surface area contributed by atoms with Gasteiger partial charge in [0.1, 0.15) is 22.8 Å². The highest BCUT2D eigenvalue weighted by molar-refractivity contribution is 6.51. The molecule has 1 heterocycles. The van der Waals surface area contributed by atoms with Crippen molar-refractivity contribution in [1.29, 1.82) is 0 Å². The Labute approximate surface area is 215 Å². The van der Waals surface area contributed by atoms with Crippen LogP contribution in [0.2, 0.25) is 0 Å². The molecule has 1 aliphatic rings. The summed E-state index contributed by atoms with van der Waals surface area (Å²) in [5.74, 6) is -1.65. The largest absolute Gasteiger partial charge is 0.506 e. The highest BCUT2D eigenvalue weighted by Gasteiger charge is 2.47.